The zero-order valence-corrected chi connectivity index (χ0v) is 17.7. The second-order valence-corrected chi connectivity index (χ2v) is 7.32. The summed E-state index contributed by atoms with van der Waals surface area (Å²) in [4.78, 5) is 15.3. The van der Waals surface area contributed by atoms with Gasteiger partial charge in [-0.05, 0) is 30.3 Å². The summed E-state index contributed by atoms with van der Waals surface area (Å²) in [6, 6.07) is 13.4. The maximum Gasteiger partial charge on any atom is 0.214 e. The molecule has 1 aromatic carbocycles. The lowest BCUT2D eigenvalue weighted by Gasteiger charge is -2.29. The Hall–Kier alpha value is -4.49. The number of rotatable bonds is 4. The molecule has 4 aromatic rings. The van der Waals surface area contributed by atoms with Gasteiger partial charge < -0.3 is 15.0 Å². The molecule has 0 bridgehead atoms. The lowest BCUT2D eigenvalue weighted by Crippen LogP contribution is -2.36. The van der Waals surface area contributed by atoms with Crippen molar-refractivity contribution in [2.75, 3.05) is 36.5 Å². The molecule has 164 valence electrons. The van der Waals surface area contributed by atoms with Crippen LogP contribution in [-0.4, -0.2) is 51.8 Å². The third kappa shape index (κ3) is 4.58. The average molecular weight is 439 g/mol. The Balaban J connectivity index is 1.43. The Labute approximate surface area is 190 Å². The highest BCUT2D eigenvalue weighted by molar-refractivity contribution is 5.96. The third-order valence-electron chi connectivity index (χ3n) is 5.19. The molecule has 0 saturated carbocycles. The first kappa shape index (κ1) is 20.4. The number of fused-ring (bicyclic) bond motifs is 1. The maximum absolute atomic E-state index is 9.06. The van der Waals surface area contributed by atoms with Crippen molar-refractivity contribution in [2.45, 2.75) is 0 Å². The number of nitrogens with one attached hydrogen (secondary N) is 2. The second-order valence-electron chi connectivity index (χ2n) is 7.32. The molecule has 4 heterocycles. The molecule has 0 aliphatic carbocycles. The van der Waals surface area contributed by atoms with E-state index in [0.29, 0.717) is 24.9 Å². The van der Waals surface area contributed by atoms with Gasteiger partial charge in [0, 0.05) is 37.2 Å². The van der Waals surface area contributed by atoms with Crippen LogP contribution in [0.5, 0.6) is 0 Å². The molecule has 10 heteroatoms. The van der Waals surface area contributed by atoms with E-state index in [1.807, 2.05) is 42.7 Å². The number of imidazole rings is 1. The third-order valence-corrected chi connectivity index (χ3v) is 5.19. The molecule has 33 heavy (non-hydrogen) atoms. The predicted octanol–water partition coefficient (Wildman–Crippen LogP) is 2.80. The molecule has 3 aromatic heterocycles. The lowest BCUT2D eigenvalue weighted by molar-refractivity contribution is 0.123. The predicted molar refractivity (Wildman–Crippen MR) is 125 cm³/mol. The Morgan fingerprint density at radius 3 is 2.73 bits per heavy atom. The van der Waals surface area contributed by atoms with Gasteiger partial charge in [-0.3, -0.25) is 10.3 Å². The molecule has 1 aliphatic heterocycles. The summed E-state index contributed by atoms with van der Waals surface area (Å²) in [7, 11) is 0. The van der Waals surface area contributed by atoms with Gasteiger partial charge in [-0.15, -0.1) is 0 Å². The summed E-state index contributed by atoms with van der Waals surface area (Å²) < 4.78 is 7.30. The van der Waals surface area contributed by atoms with Crippen molar-refractivity contribution in [3.05, 3.63) is 67.3 Å². The van der Waals surface area contributed by atoms with E-state index in [0.717, 1.165) is 41.4 Å². The van der Waals surface area contributed by atoms with E-state index in [2.05, 4.69) is 36.6 Å². The van der Waals surface area contributed by atoms with Gasteiger partial charge in [-0.2, -0.15) is 10.4 Å². The van der Waals surface area contributed by atoms with Crippen LogP contribution in [-0.2, 0) is 4.74 Å². The van der Waals surface area contributed by atoms with Gasteiger partial charge >= 0.3 is 0 Å². The van der Waals surface area contributed by atoms with Crippen molar-refractivity contribution in [2.24, 2.45) is 4.99 Å². The molecule has 0 radical (unpaired) electrons. The Morgan fingerprint density at radius 1 is 1.12 bits per heavy atom. The molecular formula is C23H21N9O. The number of morpholine rings is 1. The molecule has 1 fully saturated rings. The first-order valence-electron chi connectivity index (χ1n) is 10.5. The van der Waals surface area contributed by atoms with E-state index in [1.54, 1.807) is 29.2 Å². The van der Waals surface area contributed by atoms with Crippen LogP contribution in [0, 0.1) is 11.5 Å². The number of ether oxygens (including phenoxy) is 1. The zero-order chi connectivity index (χ0) is 22.5. The molecular weight excluding hydrogens is 418 g/mol. The van der Waals surface area contributed by atoms with Gasteiger partial charge in [0.25, 0.3) is 0 Å². The van der Waals surface area contributed by atoms with Crippen LogP contribution in [0.1, 0.15) is 0 Å². The van der Waals surface area contributed by atoms with Gasteiger partial charge in [0.1, 0.15) is 0 Å². The minimum Gasteiger partial charge on any atom is -0.378 e. The number of aliphatic imine (C=N–C) groups is 1. The van der Waals surface area contributed by atoms with Crippen LogP contribution >= 0.6 is 0 Å². The van der Waals surface area contributed by atoms with Crippen LogP contribution in [0.2, 0.25) is 0 Å². The summed E-state index contributed by atoms with van der Waals surface area (Å²) >= 11 is 0. The van der Waals surface area contributed by atoms with E-state index in [9.17, 15) is 0 Å². The number of pyridine rings is 1. The summed E-state index contributed by atoms with van der Waals surface area (Å²) in [5.41, 5.74) is 5.07. The molecule has 0 spiro atoms. The first-order valence-corrected chi connectivity index (χ1v) is 10.5. The van der Waals surface area contributed by atoms with Gasteiger partial charge in [-0.1, -0.05) is 12.1 Å². The smallest absolute Gasteiger partial charge is 0.214 e. The number of nitrogens with zero attached hydrogens (tertiary/aromatic N) is 7. The van der Waals surface area contributed by atoms with Crippen molar-refractivity contribution in [1.82, 2.24) is 24.9 Å². The highest BCUT2D eigenvalue weighted by Crippen LogP contribution is 2.28. The van der Waals surface area contributed by atoms with Crippen molar-refractivity contribution in [1.29, 1.82) is 5.26 Å². The normalized spacial score (nSPS) is 14.2. The van der Waals surface area contributed by atoms with Gasteiger partial charge in [0.05, 0.1) is 42.2 Å². The summed E-state index contributed by atoms with van der Waals surface area (Å²) in [6.45, 7) is 3.03. The number of anilines is 2. The van der Waals surface area contributed by atoms with E-state index in [-0.39, 0.29) is 0 Å². The monoisotopic (exact) mass is 439 g/mol. The van der Waals surface area contributed by atoms with Crippen molar-refractivity contribution in [3.8, 4) is 17.5 Å². The fourth-order valence-corrected chi connectivity index (χ4v) is 3.63. The minimum atomic E-state index is 0.311. The van der Waals surface area contributed by atoms with Crippen LogP contribution < -0.4 is 15.5 Å². The Morgan fingerprint density at radius 2 is 1.97 bits per heavy atom. The summed E-state index contributed by atoms with van der Waals surface area (Å²) in [5.74, 6) is 0.311. The maximum atomic E-state index is 9.06. The van der Waals surface area contributed by atoms with Gasteiger partial charge in [0.2, 0.25) is 5.96 Å². The number of hydrogen-bond acceptors (Lipinski definition) is 7. The average Bonchev–Trinajstić information content (AvgIpc) is 3.34. The first-order chi connectivity index (χ1) is 16.3. The zero-order valence-electron chi connectivity index (χ0n) is 17.7. The van der Waals surface area contributed by atoms with Gasteiger partial charge in [-0.25, -0.2) is 14.5 Å². The minimum absolute atomic E-state index is 0.311. The molecule has 0 unspecified atom stereocenters. The number of hydrogen-bond donors (Lipinski definition) is 2. The lowest BCUT2D eigenvalue weighted by atomic mass is 10.1. The van der Waals surface area contributed by atoms with Crippen LogP contribution in [0.25, 0.3) is 16.9 Å². The number of aromatic nitrogens is 4. The molecule has 10 nitrogen and oxygen atoms in total. The van der Waals surface area contributed by atoms with Crippen LogP contribution in [0.3, 0.4) is 0 Å². The van der Waals surface area contributed by atoms with Crippen LogP contribution in [0.4, 0.5) is 17.1 Å². The Bertz CT molecular complexity index is 1300. The highest BCUT2D eigenvalue weighted by Gasteiger charge is 2.17. The fraction of sp³-hybridized carbons (Fsp3) is 0.174. The fourth-order valence-electron chi connectivity index (χ4n) is 3.63. The highest BCUT2D eigenvalue weighted by atomic mass is 16.5. The largest absolute Gasteiger partial charge is 0.378 e. The summed E-state index contributed by atoms with van der Waals surface area (Å²) in [6.07, 6.45) is 8.84. The quantitative estimate of drug-likeness (QED) is 0.216. The Kier molecular flexibility index (Phi) is 5.77. The van der Waals surface area contributed by atoms with Crippen molar-refractivity contribution >= 4 is 28.7 Å². The molecule has 0 atom stereocenters. The standard InChI is InChI=1S/C23H21N9O/c24-16-27-23(29-19-2-1-7-25-15-19)28-18-5-3-17(4-6-18)20-14-21(31-10-12-33-13-11-31)22-26-8-9-32(22)30-20/h1-9,14-15H,10-13H2,(H2,27,28,29). The number of benzene rings is 1. The van der Waals surface area contributed by atoms with E-state index in [1.165, 1.54) is 0 Å². The topological polar surface area (TPSA) is 116 Å². The molecule has 1 aliphatic rings. The molecule has 0 amide bonds. The van der Waals surface area contributed by atoms with Crippen molar-refractivity contribution < 1.29 is 4.74 Å². The SMILES string of the molecule is N#CNC(=Nc1ccc(-c2cc(N3CCOCC3)c3nccn3n2)cc1)Nc1cccnc1. The summed E-state index contributed by atoms with van der Waals surface area (Å²) in [5, 5.41) is 19.4. The van der Waals surface area contributed by atoms with E-state index < -0.39 is 0 Å². The van der Waals surface area contributed by atoms with Crippen molar-refractivity contribution in [3.63, 3.8) is 0 Å². The van der Waals surface area contributed by atoms with E-state index >= 15 is 0 Å². The molecule has 1 saturated heterocycles. The number of nitriles is 1. The molecule has 2 N–H and O–H groups in total. The second kappa shape index (κ2) is 9.33. The van der Waals surface area contributed by atoms with Gasteiger partial charge in [0.15, 0.2) is 11.8 Å². The van der Waals surface area contributed by atoms with Crippen LogP contribution in [0.15, 0.2) is 72.2 Å². The van der Waals surface area contributed by atoms with E-state index in [4.69, 9.17) is 15.1 Å². The number of guanidine groups is 1. The molecule has 5 rings (SSSR count).